The molecule has 27 heavy (non-hydrogen) atoms. The van der Waals surface area contributed by atoms with Crippen LogP contribution in [0.25, 0.3) is 0 Å². The van der Waals surface area contributed by atoms with E-state index >= 15 is 0 Å². The van der Waals surface area contributed by atoms with Crippen LogP contribution < -0.4 is 24.4 Å². The van der Waals surface area contributed by atoms with Crippen molar-refractivity contribution in [1.29, 1.82) is 0 Å². The molecule has 2 aromatic carbocycles. The highest BCUT2D eigenvalue weighted by atomic mass is 16.5. The number of rotatable bonds is 6. The van der Waals surface area contributed by atoms with Gasteiger partial charge in [0.25, 0.3) is 5.91 Å². The molecule has 3 rings (SSSR count). The van der Waals surface area contributed by atoms with Gasteiger partial charge in [0, 0.05) is 18.7 Å². The molecule has 7 nitrogen and oxygen atoms in total. The first-order valence-corrected chi connectivity index (χ1v) is 8.59. The third kappa shape index (κ3) is 3.67. The Morgan fingerprint density at radius 2 is 1.81 bits per heavy atom. The maximum absolute atomic E-state index is 12.8. The van der Waals surface area contributed by atoms with Crippen LogP contribution >= 0.6 is 0 Å². The lowest BCUT2D eigenvalue weighted by Gasteiger charge is -2.20. The third-order valence-corrected chi connectivity index (χ3v) is 4.45. The number of ether oxygens (including phenoxy) is 3. The molecule has 0 atom stereocenters. The van der Waals surface area contributed by atoms with E-state index in [2.05, 4.69) is 5.32 Å². The molecule has 0 aliphatic carbocycles. The topological polar surface area (TPSA) is 77.1 Å². The Balaban J connectivity index is 1.90. The van der Waals surface area contributed by atoms with Gasteiger partial charge in [-0.3, -0.25) is 9.59 Å². The van der Waals surface area contributed by atoms with Crippen molar-refractivity contribution >= 4 is 23.2 Å². The molecule has 1 saturated heterocycles. The van der Waals surface area contributed by atoms with E-state index in [1.807, 2.05) is 0 Å². The molecule has 2 amide bonds. The van der Waals surface area contributed by atoms with E-state index in [-0.39, 0.29) is 11.8 Å². The molecule has 1 heterocycles. The average molecular weight is 370 g/mol. The second-order valence-corrected chi connectivity index (χ2v) is 6.03. The monoisotopic (exact) mass is 370 g/mol. The zero-order chi connectivity index (χ0) is 19.4. The quantitative estimate of drug-likeness (QED) is 0.846. The largest absolute Gasteiger partial charge is 0.495 e. The van der Waals surface area contributed by atoms with Gasteiger partial charge in [0.05, 0.1) is 32.6 Å². The summed E-state index contributed by atoms with van der Waals surface area (Å²) in [5, 5.41) is 2.85. The van der Waals surface area contributed by atoms with Crippen molar-refractivity contribution in [2.75, 3.05) is 38.1 Å². The van der Waals surface area contributed by atoms with Gasteiger partial charge in [0.2, 0.25) is 5.91 Å². The van der Waals surface area contributed by atoms with E-state index in [4.69, 9.17) is 14.2 Å². The van der Waals surface area contributed by atoms with Crippen molar-refractivity contribution in [1.82, 2.24) is 0 Å². The first kappa shape index (κ1) is 18.6. The van der Waals surface area contributed by atoms with E-state index in [1.165, 1.54) is 14.2 Å². The van der Waals surface area contributed by atoms with Crippen LogP contribution in [0.15, 0.2) is 36.4 Å². The third-order valence-electron chi connectivity index (χ3n) is 4.45. The summed E-state index contributed by atoms with van der Waals surface area (Å²) < 4.78 is 15.9. The van der Waals surface area contributed by atoms with Gasteiger partial charge in [-0.2, -0.15) is 0 Å². The molecule has 0 unspecified atom stereocenters. The van der Waals surface area contributed by atoms with Crippen molar-refractivity contribution in [2.24, 2.45) is 0 Å². The van der Waals surface area contributed by atoms with Gasteiger partial charge in [0.15, 0.2) is 11.5 Å². The smallest absolute Gasteiger partial charge is 0.259 e. The van der Waals surface area contributed by atoms with Crippen LogP contribution in [0.4, 0.5) is 11.4 Å². The minimum atomic E-state index is -0.338. The van der Waals surface area contributed by atoms with Gasteiger partial charge < -0.3 is 24.4 Å². The van der Waals surface area contributed by atoms with E-state index in [0.29, 0.717) is 47.2 Å². The molecular weight excluding hydrogens is 348 g/mol. The number of carbonyl (C=O) groups excluding carboxylic acids is 2. The zero-order valence-electron chi connectivity index (χ0n) is 15.6. The number of anilines is 2. The number of para-hydroxylation sites is 1. The predicted molar refractivity (Wildman–Crippen MR) is 102 cm³/mol. The van der Waals surface area contributed by atoms with Crippen LogP contribution in [0.5, 0.6) is 17.2 Å². The van der Waals surface area contributed by atoms with Gasteiger partial charge in [-0.05, 0) is 36.8 Å². The van der Waals surface area contributed by atoms with Crippen LogP contribution in [-0.4, -0.2) is 39.7 Å². The maximum atomic E-state index is 12.8. The molecule has 0 saturated carbocycles. The Bertz CT molecular complexity index is 865. The van der Waals surface area contributed by atoms with Crippen molar-refractivity contribution in [3.63, 3.8) is 0 Å². The fourth-order valence-electron chi connectivity index (χ4n) is 3.15. The number of hydrogen-bond acceptors (Lipinski definition) is 5. The van der Waals surface area contributed by atoms with Gasteiger partial charge in [-0.25, -0.2) is 0 Å². The summed E-state index contributed by atoms with van der Waals surface area (Å²) in [6.07, 6.45) is 1.32. The highest BCUT2D eigenvalue weighted by Crippen LogP contribution is 2.35. The number of methoxy groups -OCH3 is 3. The molecule has 0 radical (unpaired) electrons. The van der Waals surface area contributed by atoms with Crippen molar-refractivity contribution in [2.45, 2.75) is 12.8 Å². The lowest BCUT2D eigenvalue weighted by atomic mass is 10.1. The van der Waals surface area contributed by atoms with E-state index in [0.717, 1.165) is 6.42 Å². The predicted octanol–water partition coefficient (Wildman–Crippen LogP) is 3.09. The number of amides is 2. The lowest BCUT2D eigenvalue weighted by Crippen LogP contribution is -2.24. The molecule has 1 fully saturated rings. The highest BCUT2D eigenvalue weighted by Gasteiger charge is 2.25. The van der Waals surface area contributed by atoms with Crippen LogP contribution in [-0.2, 0) is 4.79 Å². The van der Waals surface area contributed by atoms with Crippen LogP contribution in [0.3, 0.4) is 0 Å². The van der Waals surface area contributed by atoms with Crippen LogP contribution in [0.2, 0.25) is 0 Å². The van der Waals surface area contributed by atoms with Crippen LogP contribution in [0.1, 0.15) is 23.2 Å². The summed E-state index contributed by atoms with van der Waals surface area (Å²) in [5.74, 6) is 1.13. The zero-order valence-corrected chi connectivity index (χ0v) is 15.6. The number of carbonyl (C=O) groups is 2. The summed E-state index contributed by atoms with van der Waals surface area (Å²) in [6, 6.07) is 10.3. The molecule has 1 aliphatic rings. The summed E-state index contributed by atoms with van der Waals surface area (Å²) in [6.45, 7) is 0.635. The number of nitrogens with one attached hydrogen (secondary N) is 1. The Morgan fingerprint density at radius 1 is 1.04 bits per heavy atom. The standard InChI is InChI=1S/C20H22N2O5/c1-25-16-10-9-13(12-15(16)22-11-5-8-18(22)23)21-20(24)14-6-4-7-17(26-2)19(14)27-3/h4,6-7,9-10,12H,5,8,11H2,1-3H3,(H,21,24). The Labute approximate surface area is 157 Å². The first-order chi connectivity index (χ1) is 13.1. The number of nitrogens with zero attached hydrogens (tertiary/aromatic N) is 1. The van der Waals surface area contributed by atoms with Gasteiger partial charge >= 0.3 is 0 Å². The summed E-state index contributed by atoms with van der Waals surface area (Å²) in [4.78, 5) is 26.5. The molecule has 1 N–H and O–H groups in total. The number of hydrogen-bond donors (Lipinski definition) is 1. The van der Waals surface area contributed by atoms with E-state index in [9.17, 15) is 9.59 Å². The average Bonchev–Trinajstić information content (AvgIpc) is 3.12. The molecule has 1 aliphatic heterocycles. The Morgan fingerprint density at radius 3 is 2.44 bits per heavy atom. The molecule has 0 spiro atoms. The summed E-state index contributed by atoms with van der Waals surface area (Å²) in [5.41, 5.74) is 1.56. The summed E-state index contributed by atoms with van der Waals surface area (Å²) >= 11 is 0. The molecule has 0 aromatic heterocycles. The lowest BCUT2D eigenvalue weighted by molar-refractivity contribution is -0.117. The fraction of sp³-hybridized carbons (Fsp3) is 0.300. The van der Waals surface area contributed by atoms with Crippen molar-refractivity contribution in [3.8, 4) is 17.2 Å². The molecular formula is C20H22N2O5. The normalized spacial score (nSPS) is 13.4. The molecule has 2 aromatic rings. The maximum Gasteiger partial charge on any atom is 0.259 e. The molecule has 142 valence electrons. The van der Waals surface area contributed by atoms with E-state index < -0.39 is 0 Å². The SMILES string of the molecule is COc1ccc(NC(=O)c2cccc(OC)c2OC)cc1N1CCCC1=O. The van der Waals surface area contributed by atoms with Gasteiger partial charge in [0.1, 0.15) is 5.75 Å². The first-order valence-electron chi connectivity index (χ1n) is 8.59. The number of benzene rings is 2. The molecule has 7 heteroatoms. The van der Waals surface area contributed by atoms with Crippen molar-refractivity contribution < 1.29 is 23.8 Å². The van der Waals surface area contributed by atoms with Gasteiger partial charge in [-0.15, -0.1) is 0 Å². The Hall–Kier alpha value is -3.22. The van der Waals surface area contributed by atoms with E-state index in [1.54, 1.807) is 48.4 Å². The fourth-order valence-corrected chi connectivity index (χ4v) is 3.15. The second-order valence-electron chi connectivity index (χ2n) is 6.03. The Kier molecular flexibility index (Phi) is 5.49. The highest BCUT2D eigenvalue weighted by molar-refractivity contribution is 6.07. The minimum absolute atomic E-state index is 0.0474. The van der Waals surface area contributed by atoms with Crippen LogP contribution in [0, 0.1) is 0 Å². The van der Waals surface area contributed by atoms with Crippen molar-refractivity contribution in [3.05, 3.63) is 42.0 Å². The van der Waals surface area contributed by atoms with Gasteiger partial charge in [-0.1, -0.05) is 6.07 Å². The minimum Gasteiger partial charge on any atom is -0.495 e. The summed E-state index contributed by atoms with van der Waals surface area (Å²) in [7, 11) is 4.56. The second kappa shape index (κ2) is 7.99. The molecule has 0 bridgehead atoms.